The molecule has 1 aromatic heterocycles. The molecular formula is C21H30N4O3. The number of nitrogens with one attached hydrogen (secondary N) is 2. The van der Waals surface area contributed by atoms with Crippen molar-refractivity contribution in [3.05, 3.63) is 24.4 Å². The maximum atomic E-state index is 11.0. The fourth-order valence-electron chi connectivity index (χ4n) is 3.49. The van der Waals surface area contributed by atoms with Gasteiger partial charge in [-0.05, 0) is 44.5 Å². The molecule has 1 aliphatic rings. The molecule has 0 aliphatic carbocycles. The van der Waals surface area contributed by atoms with Gasteiger partial charge in [-0.1, -0.05) is 0 Å². The molecule has 152 valence electrons. The highest BCUT2D eigenvalue weighted by Gasteiger charge is 2.13. The summed E-state index contributed by atoms with van der Waals surface area (Å²) >= 11 is 0. The molecule has 1 fully saturated rings. The number of rotatable bonds is 10. The molecular weight excluding hydrogens is 356 g/mol. The smallest absolute Gasteiger partial charge is 0.216 e. The molecule has 0 radical (unpaired) electrons. The summed E-state index contributed by atoms with van der Waals surface area (Å²) in [6, 6.07) is 5.81. The Kier molecular flexibility index (Phi) is 7.31. The number of methoxy groups -OCH3 is 1. The van der Waals surface area contributed by atoms with Gasteiger partial charge >= 0.3 is 0 Å². The SMILES string of the molecule is COc1cc2c(NCCNC(C)=O)ccnc2cc1OCCCN1CCCC1. The number of ether oxygens (including phenoxy) is 2. The van der Waals surface area contributed by atoms with E-state index < -0.39 is 0 Å². The molecule has 1 aromatic carbocycles. The van der Waals surface area contributed by atoms with Crippen LogP contribution in [0, 0.1) is 0 Å². The lowest BCUT2D eigenvalue weighted by Crippen LogP contribution is -2.26. The second kappa shape index (κ2) is 10.1. The number of anilines is 1. The Hall–Kier alpha value is -2.54. The van der Waals surface area contributed by atoms with Gasteiger partial charge in [0.2, 0.25) is 5.91 Å². The van der Waals surface area contributed by atoms with Gasteiger partial charge < -0.3 is 25.0 Å². The lowest BCUT2D eigenvalue weighted by molar-refractivity contribution is -0.118. The van der Waals surface area contributed by atoms with Crippen molar-refractivity contribution in [3.63, 3.8) is 0 Å². The first-order chi connectivity index (χ1) is 13.7. The van der Waals surface area contributed by atoms with E-state index in [1.807, 2.05) is 18.2 Å². The molecule has 28 heavy (non-hydrogen) atoms. The van der Waals surface area contributed by atoms with Crippen LogP contribution in [0.2, 0.25) is 0 Å². The Labute approximate surface area is 166 Å². The highest BCUT2D eigenvalue weighted by Crippen LogP contribution is 2.34. The first kappa shape index (κ1) is 20.2. The first-order valence-corrected chi connectivity index (χ1v) is 9.97. The Morgan fingerprint density at radius 3 is 2.79 bits per heavy atom. The van der Waals surface area contributed by atoms with Crippen molar-refractivity contribution in [2.45, 2.75) is 26.2 Å². The van der Waals surface area contributed by atoms with Gasteiger partial charge in [0.15, 0.2) is 11.5 Å². The zero-order chi connectivity index (χ0) is 19.8. The van der Waals surface area contributed by atoms with E-state index in [-0.39, 0.29) is 5.91 Å². The molecule has 3 rings (SSSR count). The van der Waals surface area contributed by atoms with Crippen LogP contribution in [0.3, 0.4) is 0 Å². The van der Waals surface area contributed by atoms with Crippen LogP contribution in [0.5, 0.6) is 11.5 Å². The molecule has 1 aliphatic heterocycles. The van der Waals surface area contributed by atoms with Crippen molar-refractivity contribution in [1.29, 1.82) is 0 Å². The van der Waals surface area contributed by atoms with Gasteiger partial charge in [-0.15, -0.1) is 0 Å². The molecule has 2 heterocycles. The van der Waals surface area contributed by atoms with Crippen LogP contribution in [0.15, 0.2) is 24.4 Å². The topological polar surface area (TPSA) is 75.7 Å². The van der Waals surface area contributed by atoms with Crippen LogP contribution in [-0.2, 0) is 4.79 Å². The standard InChI is InChI=1S/C21H30N4O3/c1-16(26)22-8-9-24-18-6-7-23-19-15-21(20(27-2)14-17(18)19)28-13-5-12-25-10-3-4-11-25/h6-7,14-15H,3-5,8-13H2,1-2H3,(H,22,26)(H,23,24). The first-order valence-electron chi connectivity index (χ1n) is 9.97. The Bertz CT molecular complexity index is 791. The van der Waals surface area contributed by atoms with E-state index in [4.69, 9.17) is 9.47 Å². The number of aromatic nitrogens is 1. The van der Waals surface area contributed by atoms with E-state index in [0.717, 1.165) is 35.3 Å². The zero-order valence-electron chi connectivity index (χ0n) is 16.8. The molecule has 0 bridgehead atoms. The fraction of sp³-hybridized carbons (Fsp3) is 0.524. The molecule has 0 atom stereocenters. The normalized spacial score (nSPS) is 14.2. The predicted molar refractivity (Wildman–Crippen MR) is 111 cm³/mol. The Morgan fingerprint density at radius 1 is 1.21 bits per heavy atom. The summed E-state index contributed by atoms with van der Waals surface area (Å²) in [5.74, 6) is 1.39. The lowest BCUT2D eigenvalue weighted by atomic mass is 10.1. The van der Waals surface area contributed by atoms with Gasteiger partial charge in [0.1, 0.15) is 0 Å². The highest BCUT2D eigenvalue weighted by molar-refractivity contribution is 5.93. The van der Waals surface area contributed by atoms with Crippen LogP contribution >= 0.6 is 0 Å². The van der Waals surface area contributed by atoms with Gasteiger partial charge in [0, 0.05) is 49.9 Å². The molecule has 0 saturated carbocycles. The second-order valence-corrected chi connectivity index (χ2v) is 7.04. The Morgan fingerprint density at radius 2 is 2.04 bits per heavy atom. The van der Waals surface area contributed by atoms with E-state index in [1.165, 1.54) is 32.9 Å². The zero-order valence-corrected chi connectivity index (χ0v) is 16.8. The Balaban J connectivity index is 1.64. The number of pyridine rings is 1. The van der Waals surface area contributed by atoms with Crippen molar-refractivity contribution in [1.82, 2.24) is 15.2 Å². The monoisotopic (exact) mass is 386 g/mol. The minimum atomic E-state index is -0.0328. The van der Waals surface area contributed by atoms with Crippen molar-refractivity contribution in [2.75, 3.05) is 51.8 Å². The maximum absolute atomic E-state index is 11.0. The summed E-state index contributed by atoms with van der Waals surface area (Å²) in [6.07, 6.45) is 5.39. The minimum Gasteiger partial charge on any atom is -0.493 e. The van der Waals surface area contributed by atoms with E-state index in [9.17, 15) is 4.79 Å². The third-order valence-electron chi connectivity index (χ3n) is 4.92. The van der Waals surface area contributed by atoms with Gasteiger partial charge in [-0.3, -0.25) is 9.78 Å². The third kappa shape index (κ3) is 5.48. The number of carbonyl (C=O) groups excluding carboxylic acids is 1. The van der Waals surface area contributed by atoms with Crippen molar-refractivity contribution in [3.8, 4) is 11.5 Å². The van der Waals surface area contributed by atoms with Crippen LogP contribution in [0.25, 0.3) is 10.9 Å². The lowest BCUT2D eigenvalue weighted by Gasteiger charge is -2.16. The number of nitrogens with zero attached hydrogens (tertiary/aromatic N) is 2. The summed E-state index contributed by atoms with van der Waals surface area (Å²) < 4.78 is 11.5. The molecule has 2 N–H and O–H groups in total. The third-order valence-corrected chi connectivity index (χ3v) is 4.92. The van der Waals surface area contributed by atoms with E-state index >= 15 is 0 Å². The molecule has 0 unspecified atom stereocenters. The van der Waals surface area contributed by atoms with Gasteiger partial charge in [0.25, 0.3) is 0 Å². The van der Waals surface area contributed by atoms with Gasteiger partial charge in [-0.2, -0.15) is 0 Å². The average Bonchev–Trinajstić information content (AvgIpc) is 3.21. The van der Waals surface area contributed by atoms with Crippen LogP contribution in [0.1, 0.15) is 26.2 Å². The van der Waals surface area contributed by atoms with E-state index in [2.05, 4.69) is 20.5 Å². The summed E-state index contributed by atoms with van der Waals surface area (Å²) in [5.41, 5.74) is 1.80. The molecule has 1 amide bonds. The minimum absolute atomic E-state index is 0.0328. The van der Waals surface area contributed by atoms with E-state index in [0.29, 0.717) is 25.4 Å². The summed E-state index contributed by atoms with van der Waals surface area (Å²) in [6.45, 7) is 6.87. The number of likely N-dealkylation sites (tertiary alicyclic amines) is 1. The number of fused-ring (bicyclic) bond motifs is 1. The summed E-state index contributed by atoms with van der Waals surface area (Å²) in [4.78, 5) is 17.9. The van der Waals surface area contributed by atoms with Crippen molar-refractivity contribution in [2.24, 2.45) is 0 Å². The van der Waals surface area contributed by atoms with Crippen LogP contribution in [-0.4, -0.2) is 62.2 Å². The van der Waals surface area contributed by atoms with Crippen molar-refractivity contribution < 1.29 is 14.3 Å². The fourth-order valence-corrected chi connectivity index (χ4v) is 3.49. The van der Waals surface area contributed by atoms with Crippen molar-refractivity contribution >= 4 is 22.5 Å². The predicted octanol–water partition coefficient (Wildman–Crippen LogP) is 2.66. The quantitative estimate of drug-likeness (QED) is 0.612. The molecule has 7 nitrogen and oxygen atoms in total. The number of carbonyl (C=O) groups is 1. The van der Waals surface area contributed by atoms with Gasteiger partial charge in [0.05, 0.1) is 19.2 Å². The molecule has 0 spiro atoms. The molecule has 2 aromatic rings. The van der Waals surface area contributed by atoms with Gasteiger partial charge in [-0.25, -0.2) is 0 Å². The van der Waals surface area contributed by atoms with Crippen LogP contribution < -0.4 is 20.1 Å². The van der Waals surface area contributed by atoms with E-state index in [1.54, 1.807) is 13.3 Å². The number of hydrogen-bond acceptors (Lipinski definition) is 6. The number of hydrogen-bond donors (Lipinski definition) is 2. The molecule has 7 heteroatoms. The number of amides is 1. The largest absolute Gasteiger partial charge is 0.493 e. The average molecular weight is 386 g/mol. The number of benzene rings is 1. The molecule has 1 saturated heterocycles. The summed E-state index contributed by atoms with van der Waals surface area (Å²) in [5, 5.41) is 7.08. The van der Waals surface area contributed by atoms with Crippen LogP contribution in [0.4, 0.5) is 5.69 Å². The maximum Gasteiger partial charge on any atom is 0.216 e. The highest BCUT2D eigenvalue weighted by atomic mass is 16.5. The second-order valence-electron chi connectivity index (χ2n) is 7.04. The summed E-state index contributed by atoms with van der Waals surface area (Å²) in [7, 11) is 1.65.